The third-order valence-corrected chi connectivity index (χ3v) is 4.77. The van der Waals surface area contributed by atoms with Gasteiger partial charge in [-0.25, -0.2) is 9.24 Å². The highest BCUT2D eigenvalue weighted by molar-refractivity contribution is 5.92. The fourth-order valence-corrected chi connectivity index (χ4v) is 3.31. The number of hydrogen-bond donors (Lipinski definition) is 1. The van der Waals surface area contributed by atoms with Gasteiger partial charge in [-0.3, -0.25) is 9.59 Å². The highest BCUT2D eigenvalue weighted by atomic mass is 19.1. The fourth-order valence-electron chi connectivity index (χ4n) is 3.31. The van der Waals surface area contributed by atoms with Gasteiger partial charge in [0.15, 0.2) is 5.69 Å². The van der Waals surface area contributed by atoms with Gasteiger partial charge in [0.25, 0.3) is 0 Å². The van der Waals surface area contributed by atoms with Crippen LogP contribution in [0.25, 0.3) is 4.85 Å². The molecule has 5 heteroatoms. The van der Waals surface area contributed by atoms with Crippen LogP contribution in [0.3, 0.4) is 0 Å². The number of ketones is 1. The lowest BCUT2D eigenvalue weighted by Crippen LogP contribution is -2.34. The summed E-state index contributed by atoms with van der Waals surface area (Å²) in [6.07, 6.45) is 1.90. The smallest absolute Gasteiger partial charge is 0.222 e. The maximum Gasteiger partial charge on any atom is 0.222 e. The summed E-state index contributed by atoms with van der Waals surface area (Å²) in [7, 11) is 1.60. The zero-order valence-electron chi connectivity index (χ0n) is 13.6. The molecule has 0 spiro atoms. The van der Waals surface area contributed by atoms with Crippen LogP contribution in [-0.2, 0) is 15.0 Å². The molecule has 0 bridgehead atoms. The van der Waals surface area contributed by atoms with Crippen molar-refractivity contribution in [2.75, 3.05) is 7.05 Å². The summed E-state index contributed by atoms with van der Waals surface area (Å²) in [4.78, 5) is 27.9. The molecule has 0 radical (unpaired) electrons. The molecule has 1 fully saturated rings. The number of nitrogens with zero attached hydrogens (tertiary/aromatic N) is 1. The normalized spacial score (nSPS) is 20.8. The summed E-state index contributed by atoms with van der Waals surface area (Å²) < 4.78 is 13.7. The largest absolute Gasteiger partial charge is 0.359 e. The summed E-state index contributed by atoms with van der Waals surface area (Å²) in [5.74, 6) is -0.864. The van der Waals surface area contributed by atoms with E-state index in [1.807, 2.05) is 0 Å². The molecule has 0 aromatic heterocycles. The van der Waals surface area contributed by atoms with Crippen LogP contribution in [0.1, 0.15) is 38.7 Å². The molecule has 0 saturated heterocycles. The number of nitrogens with one attached hydrogen (secondary N) is 1. The van der Waals surface area contributed by atoms with Gasteiger partial charge in [0.05, 0.1) is 6.57 Å². The second-order valence-corrected chi connectivity index (χ2v) is 6.62. The Morgan fingerprint density at radius 3 is 2.52 bits per heavy atom. The van der Waals surface area contributed by atoms with Gasteiger partial charge in [0, 0.05) is 24.3 Å². The molecule has 1 aliphatic rings. The Hall–Kier alpha value is -2.22. The molecule has 1 aromatic rings. The molecule has 2 rings (SSSR count). The van der Waals surface area contributed by atoms with Crippen LogP contribution in [0.4, 0.5) is 10.1 Å². The van der Waals surface area contributed by atoms with Crippen LogP contribution in [0.2, 0.25) is 0 Å². The predicted octanol–water partition coefficient (Wildman–Crippen LogP) is 3.39. The molecule has 1 amide bonds. The van der Waals surface area contributed by atoms with Gasteiger partial charge in [-0.15, -0.1) is 0 Å². The quantitative estimate of drug-likeness (QED) is 0.866. The number of Topliss-reactive ketones (excluding diaryl/α,β-unsaturated/α-hetero) is 1. The molecule has 1 saturated carbocycles. The molecule has 0 heterocycles. The number of benzene rings is 1. The Morgan fingerprint density at radius 1 is 1.26 bits per heavy atom. The maximum absolute atomic E-state index is 13.7. The molecular weight excluding hydrogens is 295 g/mol. The van der Waals surface area contributed by atoms with Gasteiger partial charge in [-0.1, -0.05) is 6.07 Å². The molecular formula is C18H21FN2O2. The van der Waals surface area contributed by atoms with Crippen molar-refractivity contribution in [1.29, 1.82) is 0 Å². The van der Waals surface area contributed by atoms with Crippen molar-refractivity contribution in [2.24, 2.45) is 11.8 Å². The first-order valence-corrected chi connectivity index (χ1v) is 7.74. The maximum atomic E-state index is 13.7. The monoisotopic (exact) mass is 316 g/mol. The molecule has 1 aliphatic carbocycles. The van der Waals surface area contributed by atoms with Crippen molar-refractivity contribution in [1.82, 2.24) is 5.32 Å². The number of hydrogen-bond acceptors (Lipinski definition) is 2. The average Bonchev–Trinajstić information content (AvgIpc) is 3.02. The summed E-state index contributed by atoms with van der Waals surface area (Å²) in [6.45, 7) is 10.5. The first-order valence-electron chi connectivity index (χ1n) is 7.74. The van der Waals surface area contributed by atoms with E-state index in [2.05, 4.69) is 10.2 Å². The van der Waals surface area contributed by atoms with Crippen molar-refractivity contribution in [3.63, 3.8) is 0 Å². The van der Waals surface area contributed by atoms with E-state index in [9.17, 15) is 14.0 Å². The van der Waals surface area contributed by atoms with Crippen molar-refractivity contribution < 1.29 is 14.0 Å². The molecule has 1 aromatic carbocycles. The van der Waals surface area contributed by atoms with E-state index in [0.29, 0.717) is 24.8 Å². The summed E-state index contributed by atoms with van der Waals surface area (Å²) >= 11 is 0. The highest BCUT2D eigenvalue weighted by Crippen LogP contribution is 2.38. The lowest BCUT2D eigenvalue weighted by Gasteiger charge is -2.27. The Morgan fingerprint density at radius 2 is 1.91 bits per heavy atom. The second-order valence-electron chi connectivity index (χ2n) is 6.62. The highest BCUT2D eigenvalue weighted by Gasteiger charge is 2.40. The van der Waals surface area contributed by atoms with Crippen molar-refractivity contribution >= 4 is 17.4 Å². The van der Waals surface area contributed by atoms with Gasteiger partial charge in [-0.05, 0) is 50.8 Å². The van der Waals surface area contributed by atoms with Crippen molar-refractivity contribution in [2.45, 2.75) is 38.5 Å². The summed E-state index contributed by atoms with van der Waals surface area (Å²) in [5.41, 5.74) is -0.184. The first-order chi connectivity index (χ1) is 10.8. The Labute approximate surface area is 135 Å². The Bertz CT molecular complexity index is 676. The van der Waals surface area contributed by atoms with E-state index in [-0.39, 0.29) is 29.2 Å². The third-order valence-electron chi connectivity index (χ3n) is 4.77. The molecule has 1 N–H and O–H groups in total. The van der Waals surface area contributed by atoms with Crippen molar-refractivity contribution in [3.05, 3.63) is 41.0 Å². The number of carbonyl (C=O) groups is 2. The fraction of sp³-hybridized carbons (Fsp3) is 0.500. The van der Waals surface area contributed by atoms with E-state index < -0.39 is 11.2 Å². The number of rotatable bonds is 4. The predicted molar refractivity (Wildman–Crippen MR) is 85.6 cm³/mol. The van der Waals surface area contributed by atoms with Gasteiger partial charge in [0.1, 0.15) is 11.6 Å². The Kier molecular flexibility index (Phi) is 4.84. The molecule has 4 nitrogen and oxygen atoms in total. The number of amides is 1. The zero-order chi connectivity index (χ0) is 17.2. The average molecular weight is 316 g/mol. The van der Waals surface area contributed by atoms with E-state index in [1.54, 1.807) is 27.0 Å². The van der Waals surface area contributed by atoms with Gasteiger partial charge in [0.2, 0.25) is 5.91 Å². The molecule has 2 atom stereocenters. The van der Waals surface area contributed by atoms with E-state index in [0.717, 1.165) is 6.07 Å². The molecule has 122 valence electrons. The van der Waals surface area contributed by atoms with Crippen LogP contribution in [-0.4, -0.2) is 18.7 Å². The molecule has 0 aliphatic heterocycles. The topological polar surface area (TPSA) is 50.5 Å². The second kappa shape index (κ2) is 6.49. The van der Waals surface area contributed by atoms with Crippen molar-refractivity contribution in [3.8, 4) is 0 Å². The van der Waals surface area contributed by atoms with Crippen LogP contribution >= 0.6 is 0 Å². The lowest BCUT2D eigenvalue weighted by molar-refractivity contribution is -0.127. The standard InChI is InChI=1S/C18H21FN2O2/c1-18(2,13-8-14(19)10-15(9-13)20-3)16(22)11-5-6-12(7-11)17(23)21-4/h8-12H,5-7H2,1-2,4H3,(H,21,23)/t11?,12-/m0/s1. The lowest BCUT2D eigenvalue weighted by atomic mass is 9.75. The van der Waals surface area contributed by atoms with Crippen LogP contribution in [0.15, 0.2) is 18.2 Å². The van der Waals surface area contributed by atoms with Gasteiger partial charge in [-0.2, -0.15) is 0 Å². The van der Waals surface area contributed by atoms with Crippen LogP contribution < -0.4 is 5.32 Å². The summed E-state index contributed by atoms with van der Waals surface area (Å²) in [6, 6.07) is 4.05. The number of halogens is 1. The number of carbonyl (C=O) groups excluding carboxylic acids is 2. The molecule has 1 unspecified atom stereocenters. The van der Waals surface area contributed by atoms with E-state index >= 15 is 0 Å². The minimum atomic E-state index is -0.885. The van der Waals surface area contributed by atoms with Crippen LogP contribution in [0.5, 0.6) is 0 Å². The minimum Gasteiger partial charge on any atom is -0.359 e. The van der Waals surface area contributed by atoms with Gasteiger partial charge < -0.3 is 5.32 Å². The van der Waals surface area contributed by atoms with Gasteiger partial charge >= 0.3 is 0 Å². The first kappa shape index (κ1) is 17.1. The third kappa shape index (κ3) is 3.42. The minimum absolute atomic E-state index is 0.00503. The van der Waals surface area contributed by atoms with Crippen LogP contribution in [0, 0.1) is 24.2 Å². The molecule has 23 heavy (non-hydrogen) atoms. The SMILES string of the molecule is [C-]#[N+]c1cc(F)cc(C(C)(C)C(=O)C2CC[C@H](C(=O)NC)C2)c1. The summed E-state index contributed by atoms with van der Waals surface area (Å²) in [5, 5.41) is 2.63. The van der Waals surface area contributed by atoms with E-state index in [4.69, 9.17) is 6.57 Å². The van der Waals surface area contributed by atoms with E-state index in [1.165, 1.54) is 6.07 Å². The zero-order valence-corrected chi connectivity index (χ0v) is 13.6. The Balaban J connectivity index is 2.23.